The quantitative estimate of drug-likeness (QED) is 0.632. The molecule has 5 nitrogen and oxygen atoms in total. The average molecular weight is 271 g/mol. The first-order valence-electron chi connectivity index (χ1n) is 5.92. The Morgan fingerprint density at radius 2 is 2.11 bits per heavy atom. The lowest BCUT2D eigenvalue weighted by Gasteiger charge is -2.22. The zero-order valence-electron chi connectivity index (χ0n) is 10.3. The number of hydrogen-bond acceptors (Lipinski definition) is 5. The molecule has 1 aliphatic heterocycles. The molecule has 0 saturated carbocycles. The number of hydrogen-bond donors (Lipinski definition) is 0. The van der Waals surface area contributed by atoms with Gasteiger partial charge in [0, 0.05) is 11.4 Å². The number of fused-ring (bicyclic) bond motifs is 1. The van der Waals surface area contributed by atoms with Crippen molar-refractivity contribution in [1.29, 1.82) is 0 Å². The molecule has 6 heteroatoms. The van der Waals surface area contributed by atoms with E-state index in [0.717, 1.165) is 22.4 Å². The van der Waals surface area contributed by atoms with Crippen LogP contribution >= 0.6 is 11.8 Å². The minimum absolute atomic E-state index is 0.676. The van der Waals surface area contributed by atoms with Crippen LogP contribution in [0.5, 0.6) is 0 Å². The van der Waals surface area contributed by atoms with Crippen LogP contribution in [0, 0.1) is 0 Å². The van der Waals surface area contributed by atoms with Crippen molar-refractivity contribution in [2.24, 2.45) is 5.10 Å². The summed E-state index contributed by atoms with van der Waals surface area (Å²) in [4.78, 5) is 2.05. The molecule has 0 atom stereocenters. The minimum Gasteiger partial charge on any atom is -0.323 e. The van der Waals surface area contributed by atoms with Gasteiger partial charge in [-0.25, -0.2) is 0 Å². The average Bonchev–Trinajstić information content (AvgIpc) is 2.88. The summed E-state index contributed by atoms with van der Waals surface area (Å²) in [5.74, 6) is 1.65. The molecule has 0 bridgehead atoms. The topological polar surface area (TPSA) is 46.3 Å². The number of nitrogens with zero attached hydrogens (tertiary/aromatic N) is 5. The fourth-order valence-corrected chi connectivity index (χ4v) is 2.46. The van der Waals surface area contributed by atoms with Gasteiger partial charge in [0.05, 0.1) is 6.54 Å². The molecule has 0 aliphatic carbocycles. The van der Waals surface area contributed by atoms with Gasteiger partial charge in [-0.2, -0.15) is 9.78 Å². The molecule has 0 spiro atoms. The second-order valence-electron chi connectivity index (χ2n) is 4.00. The van der Waals surface area contributed by atoms with E-state index in [0.29, 0.717) is 6.54 Å². The van der Waals surface area contributed by atoms with Crippen molar-refractivity contribution in [3.63, 3.8) is 0 Å². The summed E-state index contributed by atoms with van der Waals surface area (Å²) in [5, 5.41) is 13.5. The summed E-state index contributed by atoms with van der Waals surface area (Å²) in [5.41, 5.74) is 1.10. The number of aromatic nitrogens is 3. The van der Waals surface area contributed by atoms with Crippen molar-refractivity contribution in [2.75, 3.05) is 10.7 Å². The summed E-state index contributed by atoms with van der Waals surface area (Å²) in [6.45, 7) is 4.37. The summed E-state index contributed by atoms with van der Waals surface area (Å²) in [7, 11) is 0. The minimum atomic E-state index is 0.676. The van der Waals surface area contributed by atoms with E-state index in [9.17, 15) is 0 Å². The van der Waals surface area contributed by atoms with E-state index < -0.39 is 0 Å². The van der Waals surface area contributed by atoms with Gasteiger partial charge in [-0.1, -0.05) is 36.0 Å². The Hall–Kier alpha value is -2.08. The largest absolute Gasteiger partial charge is 0.323 e. The van der Waals surface area contributed by atoms with Gasteiger partial charge in [-0.15, -0.1) is 16.8 Å². The zero-order valence-corrected chi connectivity index (χ0v) is 11.1. The van der Waals surface area contributed by atoms with Gasteiger partial charge in [0.2, 0.25) is 5.16 Å². The van der Waals surface area contributed by atoms with Crippen molar-refractivity contribution in [2.45, 2.75) is 11.7 Å². The molecule has 3 rings (SSSR count). The fraction of sp³-hybridized carbons (Fsp3) is 0.154. The van der Waals surface area contributed by atoms with Gasteiger partial charge in [-0.3, -0.25) is 0 Å². The molecule has 0 radical (unpaired) electrons. The Morgan fingerprint density at radius 1 is 1.26 bits per heavy atom. The van der Waals surface area contributed by atoms with Gasteiger partial charge >= 0.3 is 0 Å². The highest BCUT2D eigenvalue weighted by Gasteiger charge is 2.18. The third-order valence-corrected chi connectivity index (χ3v) is 3.63. The SMILES string of the molecule is C=CCSc1nnc2n1N=CN(c1ccccc1)C2. The molecular formula is C13H13N5S. The molecular weight excluding hydrogens is 258 g/mol. The molecule has 2 heterocycles. The molecule has 0 saturated heterocycles. The lowest BCUT2D eigenvalue weighted by atomic mass is 10.3. The molecule has 1 aliphatic rings. The summed E-state index contributed by atoms with van der Waals surface area (Å²) >= 11 is 1.58. The van der Waals surface area contributed by atoms with Crippen LogP contribution in [0.4, 0.5) is 5.69 Å². The molecule has 1 aromatic heterocycles. The standard InChI is InChI=1S/C13H13N5S/c1-2-8-19-13-16-15-12-9-17(10-14-18(12)13)11-6-4-3-5-7-11/h2-7,10H,1,8-9H2. The van der Waals surface area contributed by atoms with E-state index >= 15 is 0 Å². The maximum Gasteiger partial charge on any atom is 0.212 e. The molecule has 0 N–H and O–H groups in total. The molecule has 96 valence electrons. The van der Waals surface area contributed by atoms with Crippen LogP contribution < -0.4 is 4.90 Å². The summed E-state index contributed by atoms with van der Waals surface area (Å²) in [6.07, 6.45) is 3.65. The Labute approximate surface area is 115 Å². The maximum absolute atomic E-state index is 4.40. The monoisotopic (exact) mass is 271 g/mol. The summed E-state index contributed by atoms with van der Waals surface area (Å²) in [6, 6.07) is 10.1. The van der Waals surface area contributed by atoms with E-state index in [1.807, 2.05) is 47.6 Å². The van der Waals surface area contributed by atoms with Crippen LogP contribution in [0.25, 0.3) is 0 Å². The molecule has 0 fully saturated rings. The smallest absolute Gasteiger partial charge is 0.212 e. The fourth-order valence-electron chi connectivity index (χ4n) is 1.82. The molecule has 19 heavy (non-hydrogen) atoms. The highest BCUT2D eigenvalue weighted by atomic mass is 32.2. The molecule has 0 amide bonds. The number of thioether (sulfide) groups is 1. The Kier molecular flexibility index (Phi) is 3.33. The molecule has 0 unspecified atom stereocenters. The number of rotatable bonds is 4. The Morgan fingerprint density at radius 3 is 2.89 bits per heavy atom. The van der Waals surface area contributed by atoms with Gasteiger partial charge < -0.3 is 4.90 Å². The number of anilines is 1. The van der Waals surface area contributed by atoms with Crippen LogP contribution in [0.3, 0.4) is 0 Å². The maximum atomic E-state index is 4.40. The van der Waals surface area contributed by atoms with Crippen LogP contribution in [-0.4, -0.2) is 27.0 Å². The van der Waals surface area contributed by atoms with Crippen LogP contribution in [-0.2, 0) is 6.54 Å². The van der Waals surface area contributed by atoms with Gasteiger partial charge in [-0.05, 0) is 12.1 Å². The lowest BCUT2D eigenvalue weighted by molar-refractivity contribution is 0.687. The van der Waals surface area contributed by atoms with E-state index in [4.69, 9.17) is 0 Å². The van der Waals surface area contributed by atoms with Crippen LogP contribution in [0.15, 0.2) is 53.2 Å². The van der Waals surface area contributed by atoms with E-state index in [-0.39, 0.29) is 0 Å². The van der Waals surface area contributed by atoms with Crippen LogP contribution in [0.2, 0.25) is 0 Å². The van der Waals surface area contributed by atoms with Crippen molar-refractivity contribution < 1.29 is 0 Å². The van der Waals surface area contributed by atoms with Gasteiger partial charge in [0.15, 0.2) is 5.82 Å². The first kappa shape index (κ1) is 12.0. The van der Waals surface area contributed by atoms with Crippen LogP contribution in [0.1, 0.15) is 5.82 Å². The highest BCUT2D eigenvalue weighted by Crippen LogP contribution is 2.22. The number of benzene rings is 1. The Bertz CT molecular complexity index is 605. The third-order valence-electron chi connectivity index (χ3n) is 2.71. The van der Waals surface area contributed by atoms with E-state index in [2.05, 4.69) is 21.9 Å². The molecule has 2 aromatic rings. The normalized spacial score (nSPS) is 13.4. The second kappa shape index (κ2) is 5.27. The van der Waals surface area contributed by atoms with Crippen molar-refractivity contribution in [1.82, 2.24) is 14.9 Å². The summed E-state index contributed by atoms with van der Waals surface area (Å²) < 4.78 is 1.79. The predicted molar refractivity (Wildman–Crippen MR) is 77.5 cm³/mol. The molecule has 1 aromatic carbocycles. The first-order valence-corrected chi connectivity index (χ1v) is 6.91. The Balaban J connectivity index is 1.83. The first-order chi connectivity index (χ1) is 9.38. The second-order valence-corrected chi connectivity index (χ2v) is 4.99. The highest BCUT2D eigenvalue weighted by molar-refractivity contribution is 7.99. The third kappa shape index (κ3) is 2.39. The van der Waals surface area contributed by atoms with Crippen molar-refractivity contribution in [3.8, 4) is 0 Å². The van der Waals surface area contributed by atoms with Gasteiger partial charge in [0.1, 0.15) is 6.34 Å². The predicted octanol–water partition coefficient (Wildman–Crippen LogP) is 2.37. The lowest BCUT2D eigenvalue weighted by Crippen LogP contribution is -2.27. The van der Waals surface area contributed by atoms with E-state index in [1.54, 1.807) is 16.4 Å². The number of para-hydroxylation sites is 1. The van der Waals surface area contributed by atoms with Gasteiger partial charge in [0.25, 0.3) is 0 Å². The van der Waals surface area contributed by atoms with Crippen molar-refractivity contribution in [3.05, 3.63) is 48.8 Å². The zero-order chi connectivity index (χ0) is 13.1. The van der Waals surface area contributed by atoms with Crippen molar-refractivity contribution >= 4 is 23.8 Å². The van der Waals surface area contributed by atoms with E-state index in [1.165, 1.54) is 0 Å².